The molecule has 2 rings (SSSR count). The van der Waals surface area contributed by atoms with Gasteiger partial charge in [-0.3, -0.25) is 4.79 Å². The molecule has 6 nitrogen and oxygen atoms in total. The van der Waals surface area contributed by atoms with Gasteiger partial charge in [-0.1, -0.05) is 0 Å². The fraction of sp³-hybridized carbons (Fsp3) is 0.417. The first-order valence-electron chi connectivity index (χ1n) is 5.79. The van der Waals surface area contributed by atoms with Crippen molar-refractivity contribution < 1.29 is 14.3 Å². The number of nitrogens with one attached hydrogen (secondary N) is 1. The van der Waals surface area contributed by atoms with Gasteiger partial charge in [-0.15, -0.1) is 0 Å². The summed E-state index contributed by atoms with van der Waals surface area (Å²) in [7, 11) is 0. The summed E-state index contributed by atoms with van der Waals surface area (Å²) in [5, 5.41) is 2.77. The third-order valence-electron chi connectivity index (χ3n) is 2.62. The van der Waals surface area contributed by atoms with E-state index in [9.17, 15) is 4.79 Å². The van der Waals surface area contributed by atoms with Crippen LogP contribution in [0, 0.1) is 0 Å². The number of hydrogen-bond acceptors (Lipinski definition) is 5. The highest BCUT2D eigenvalue weighted by Crippen LogP contribution is 2.13. The van der Waals surface area contributed by atoms with E-state index in [2.05, 4.69) is 5.32 Å². The molecule has 0 bridgehead atoms. The Morgan fingerprint density at radius 1 is 1.28 bits per heavy atom. The first kappa shape index (κ1) is 12.7. The van der Waals surface area contributed by atoms with Crippen molar-refractivity contribution in [3.05, 3.63) is 23.8 Å². The summed E-state index contributed by atoms with van der Waals surface area (Å²) < 4.78 is 10.7. The molecule has 6 heteroatoms. The Bertz CT molecular complexity index is 410. The Morgan fingerprint density at radius 3 is 2.61 bits per heavy atom. The number of carbonyl (C=O) groups is 1. The maximum Gasteiger partial charge on any atom is 0.251 e. The van der Waals surface area contributed by atoms with E-state index in [1.807, 2.05) is 0 Å². The molecule has 1 saturated heterocycles. The van der Waals surface area contributed by atoms with Crippen LogP contribution in [0.5, 0.6) is 0 Å². The van der Waals surface area contributed by atoms with E-state index in [1.54, 1.807) is 18.2 Å². The summed E-state index contributed by atoms with van der Waals surface area (Å²) in [6, 6.07) is 4.78. The first-order valence-corrected chi connectivity index (χ1v) is 5.79. The molecule has 1 aliphatic heterocycles. The third-order valence-corrected chi connectivity index (χ3v) is 2.62. The van der Waals surface area contributed by atoms with Crippen LogP contribution in [-0.2, 0) is 9.47 Å². The molecule has 0 saturated carbocycles. The monoisotopic (exact) mass is 251 g/mol. The Labute approximate surface area is 105 Å². The number of nitrogen functional groups attached to an aromatic ring is 2. The van der Waals surface area contributed by atoms with Crippen molar-refractivity contribution in [2.24, 2.45) is 0 Å². The fourth-order valence-electron chi connectivity index (χ4n) is 1.77. The van der Waals surface area contributed by atoms with Crippen molar-refractivity contribution in [1.29, 1.82) is 0 Å². The third kappa shape index (κ3) is 3.35. The SMILES string of the molecule is Nc1cc(N)cc(C(=O)NCC2COCCO2)c1. The molecule has 1 heterocycles. The molecule has 1 aliphatic rings. The molecule has 5 N–H and O–H groups in total. The van der Waals surface area contributed by atoms with Gasteiger partial charge in [0.25, 0.3) is 5.91 Å². The van der Waals surface area contributed by atoms with Crippen molar-refractivity contribution in [3.8, 4) is 0 Å². The molecule has 1 aromatic rings. The van der Waals surface area contributed by atoms with Gasteiger partial charge < -0.3 is 26.3 Å². The summed E-state index contributed by atoms with van der Waals surface area (Å²) in [5.41, 5.74) is 12.7. The van der Waals surface area contributed by atoms with E-state index < -0.39 is 0 Å². The van der Waals surface area contributed by atoms with E-state index in [0.717, 1.165) is 0 Å². The predicted octanol–water partition coefficient (Wildman–Crippen LogP) is -0.00380. The van der Waals surface area contributed by atoms with Crippen LogP contribution in [0.15, 0.2) is 18.2 Å². The van der Waals surface area contributed by atoms with E-state index >= 15 is 0 Å². The summed E-state index contributed by atoms with van der Waals surface area (Å²) in [4.78, 5) is 11.9. The number of carbonyl (C=O) groups excluding carboxylic acids is 1. The lowest BCUT2D eigenvalue weighted by Crippen LogP contribution is -2.39. The highest BCUT2D eigenvalue weighted by molar-refractivity contribution is 5.96. The second-order valence-corrected chi connectivity index (χ2v) is 4.17. The smallest absolute Gasteiger partial charge is 0.251 e. The topological polar surface area (TPSA) is 99.6 Å². The lowest BCUT2D eigenvalue weighted by Gasteiger charge is -2.23. The predicted molar refractivity (Wildman–Crippen MR) is 68.2 cm³/mol. The van der Waals surface area contributed by atoms with Crippen molar-refractivity contribution in [3.63, 3.8) is 0 Å². The lowest BCUT2D eigenvalue weighted by atomic mass is 10.1. The largest absolute Gasteiger partial charge is 0.399 e. The molecule has 98 valence electrons. The van der Waals surface area contributed by atoms with Crippen LogP contribution in [0.25, 0.3) is 0 Å². The van der Waals surface area contributed by atoms with Crippen LogP contribution in [0.1, 0.15) is 10.4 Å². The maximum absolute atomic E-state index is 11.9. The van der Waals surface area contributed by atoms with Gasteiger partial charge in [0.2, 0.25) is 0 Å². The van der Waals surface area contributed by atoms with Crippen LogP contribution < -0.4 is 16.8 Å². The van der Waals surface area contributed by atoms with Crippen molar-refractivity contribution in [1.82, 2.24) is 5.32 Å². The quantitative estimate of drug-likeness (QED) is 0.656. The molecular formula is C12H17N3O3. The summed E-state index contributed by atoms with van der Waals surface area (Å²) in [6.07, 6.45) is -0.0962. The number of amides is 1. The Hall–Kier alpha value is -1.79. The number of benzene rings is 1. The molecular weight excluding hydrogens is 234 g/mol. The van der Waals surface area contributed by atoms with Gasteiger partial charge >= 0.3 is 0 Å². The van der Waals surface area contributed by atoms with Crippen LogP contribution >= 0.6 is 0 Å². The zero-order chi connectivity index (χ0) is 13.0. The minimum absolute atomic E-state index is 0.0962. The number of rotatable bonds is 3. The lowest BCUT2D eigenvalue weighted by molar-refractivity contribution is -0.0855. The summed E-state index contributed by atoms with van der Waals surface area (Å²) >= 11 is 0. The molecule has 0 aromatic heterocycles. The van der Waals surface area contributed by atoms with Crippen LogP contribution in [0.3, 0.4) is 0 Å². The van der Waals surface area contributed by atoms with Crippen molar-refractivity contribution in [2.45, 2.75) is 6.10 Å². The molecule has 0 radical (unpaired) electrons. The fourth-order valence-corrected chi connectivity index (χ4v) is 1.77. The van der Waals surface area contributed by atoms with Crippen LogP contribution in [0.4, 0.5) is 11.4 Å². The Balaban J connectivity index is 1.90. The number of hydrogen-bond donors (Lipinski definition) is 3. The zero-order valence-electron chi connectivity index (χ0n) is 10.0. The average molecular weight is 251 g/mol. The molecule has 1 fully saturated rings. The summed E-state index contributed by atoms with van der Waals surface area (Å²) in [5.74, 6) is -0.219. The van der Waals surface area contributed by atoms with Crippen LogP contribution in [0.2, 0.25) is 0 Å². The van der Waals surface area contributed by atoms with E-state index in [1.165, 1.54) is 0 Å². The first-order chi connectivity index (χ1) is 8.65. The van der Waals surface area contributed by atoms with Gasteiger partial charge in [-0.25, -0.2) is 0 Å². The molecule has 1 unspecified atom stereocenters. The van der Waals surface area contributed by atoms with Crippen LogP contribution in [-0.4, -0.2) is 38.4 Å². The maximum atomic E-state index is 11.9. The Kier molecular flexibility index (Phi) is 4.01. The summed E-state index contributed by atoms with van der Waals surface area (Å²) in [6.45, 7) is 2.08. The second kappa shape index (κ2) is 5.70. The molecule has 1 atom stereocenters. The molecule has 0 spiro atoms. The standard InChI is InChI=1S/C12H17N3O3/c13-9-3-8(4-10(14)5-9)12(16)15-6-11-7-17-1-2-18-11/h3-5,11H,1-2,6-7,13-14H2,(H,15,16). The van der Waals surface area contributed by atoms with Gasteiger partial charge in [0.15, 0.2) is 0 Å². The van der Waals surface area contributed by atoms with Gasteiger partial charge in [-0.05, 0) is 18.2 Å². The second-order valence-electron chi connectivity index (χ2n) is 4.17. The minimum atomic E-state index is -0.219. The van der Waals surface area contributed by atoms with Gasteiger partial charge in [0.05, 0.1) is 25.9 Å². The highest BCUT2D eigenvalue weighted by atomic mass is 16.6. The number of ether oxygens (including phenoxy) is 2. The molecule has 1 aromatic carbocycles. The molecule has 18 heavy (non-hydrogen) atoms. The molecule has 1 amide bonds. The highest BCUT2D eigenvalue weighted by Gasteiger charge is 2.16. The van der Waals surface area contributed by atoms with Gasteiger partial charge in [-0.2, -0.15) is 0 Å². The minimum Gasteiger partial charge on any atom is -0.399 e. The number of nitrogens with two attached hydrogens (primary N) is 2. The van der Waals surface area contributed by atoms with E-state index in [0.29, 0.717) is 43.3 Å². The Morgan fingerprint density at radius 2 is 2.00 bits per heavy atom. The van der Waals surface area contributed by atoms with Gasteiger partial charge in [0.1, 0.15) is 0 Å². The zero-order valence-corrected chi connectivity index (χ0v) is 10.0. The van der Waals surface area contributed by atoms with Crippen molar-refractivity contribution in [2.75, 3.05) is 37.8 Å². The van der Waals surface area contributed by atoms with E-state index in [4.69, 9.17) is 20.9 Å². The normalized spacial score (nSPS) is 19.4. The number of anilines is 2. The van der Waals surface area contributed by atoms with E-state index in [-0.39, 0.29) is 12.0 Å². The van der Waals surface area contributed by atoms with Gasteiger partial charge in [0, 0.05) is 23.5 Å². The molecule has 0 aliphatic carbocycles. The van der Waals surface area contributed by atoms with Crippen molar-refractivity contribution >= 4 is 17.3 Å². The average Bonchev–Trinajstić information content (AvgIpc) is 2.36.